The molecule has 0 spiro atoms. The fourth-order valence-corrected chi connectivity index (χ4v) is 2.51. The fourth-order valence-electron chi connectivity index (χ4n) is 2.51. The van der Waals surface area contributed by atoms with Crippen LogP contribution >= 0.6 is 0 Å². The largest absolute Gasteiger partial charge is 0.489 e. The summed E-state index contributed by atoms with van der Waals surface area (Å²) in [4.78, 5) is 22.2. The number of nitrogens with zero attached hydrogens (tertiary/aromatic N) is 2. The van der Waals surface area contributed by atoms with Gasteiger partial charge in [0.2, 0.25) is 0 Å². The van der Waals surface area contributed by atoms with Crippen molar-refractivity contribution in [2.75, 3.05) is 6.61 Å². The second-order valence-electron chi connectivity index (χ2n) is 6.26. The van der Waals surface area contributed by atoms with Crippen LogP contribution in [0.5, 0.6) is 11.5 Å². The highest BCUT2D eigenvalue weighted by Crippen LogP contribution is 2.25. The summed E-state index contributed by atoms with van der Waals surface area (Å²) in [6.07, 6.45) is 1.42. The molecule has 0 unspecified atom stereocenters. The monoisotopic (exact) mass is 423 g/mol. The van der Waals surface area contributed by atoms with Gasteiger partial charge in [0.05, 0.1) is 11.1 Å². The van der Waals surface area contributed by atoms with E-state index in [1.54, 1.807) is 48.5 Å². The molecule has 0 saturated heterocycles. The first kappa shape index (κ1) is 21.4. The third-order valence-corrected chi connectivity index (χ3v) is 4.06. The van der Waals surface area contributed by atoms with Crippen molar-refractivity contribution < 1.29 is 23.6 Å². The molecular weight excluding hydrogens is 405 g/mol. The molecule has 3 rings (SSSR count). The number of nitro benzene ring substituents is 1. The Morgan fingerprint density at radius 1 is 1.03 bits per heavy atom. The van der Waals surface area contributed by atoms with Crippen molar-refractivity contribution in [1.82, 2.24) is 5.43 Å². The zero-order valence-electron chi connectivity index (χ0n) is 16.2. The van der Waals surface area contributed by atoms with Crippen molar-refractivity contribution in [1.29, 1.82) is 0 Å². The molecular formula is C22H18FN3O5. The molecule has 0 radical (unpaired) electrons. The number of ether oxygens (including phenoxy) is 2. The minimum atomic E-state index is -0.588. The Hall–Kier alpha value is -4.27. The summed E-state index contributed by atoms with van der Waals surface area (Å²) in [6, 6.07) is 19.0. The van der Waals surface area contributed by atoms with Crippen LogP contribution in [-0.4, -0.2) is 23.7 Å². The lowest BCUT2D eigenvalue weighted by molar-refractivity contribution is -0.385. The maximum absolute atomic E-state index is 13.6. The van der Waals surface area contributed by atoms with E-state index in [2.05, 4.69) is 10.5 Å². The highest BCUT2D eigenvalue weighted by molar-refractivity contribution is 5.83. The molecule has 3 aromatic rings. The predicted octanol–water partition coefficient (Wildman–Crippen LogP) is 3.84. The molecule has 0 aliphatic rings. The van der Waals surface area contributed by atoms with Crippen LogP contribution in [0.2, 0.25) is 0 Å². The molecule has 8 nitrogen and oxygen atoms in total. The molecule has 9 heteroatoms. The number of rotatable bonds is 9. The van der Waals surface area contributed by atoms with Gasteiger partial charge in [-0.15, -0.1) is 0 Å². The van der Waals surface area contributed by atoms with E-state index in [-0.39, 0.29) is 23.9 Å². The van der Waals surface area contributed by atoms with E-state index in [1.165, 1.54) is 30.5 Å². The van der Waals surface area contributed by atoms with Crippen molar-refractivity contribution in [3.05, 3.63) is 99.9 Å². The van der Waals surface area contributed by atoms with Crippen molar-refractivity contribution in [2.45, 2.75) is 6.61 Å². The van der Waals surface area contributed by atoms with E-state index in [0.717, 1.165) is 0 Å². The van der Waals surface area contributed by atoms with Crippen LogP contribution in [0, 0.1) is 15.9 Å². The van der Waals surface area contributed by atoms with Gasteiger partial charge >= 0.3 is 5.69 Å². The number of hydrogen-bond donors (Lipinski definition) is 1. The van der Waals surface area contributed by atoms with E-state index >= 15 is 0 Å². The Bertz CT molecular complexity index is 1090. The van der Waals surface area contributed by atoms with Gasteiger partial charge in [0.25, 0.3) is 5.91 Å². The van der Waals surface area contributed by atoms with Gasteiger partial charge in [0.1, 0.15) is 18.2 Å². The number of nitro groups is 1. The summed E-state index contributed by atoms with van der Waals surface area (Å²) in [5, 5.41) is 14.7. The summed E-state index contributed by atoms with van der Waals surface area (Å²) < 4.78 is 24.3. The van der Waals surface area contributed by atoms with Gasteiger partial charge in [-0.1, -0.05) is 30.3 Å². The highest BCUT2D eigenvalue weighted by Gasteiger charge is 2.14. The van der Waals surface area contributed by atoms with E-state index < -0.39 is 17.4 Å². The molecule has 0 aromatic heterocycles. The van der Waals surface area contributed by atoms with E-state index in [4.69, 9.17) is 9.47 Å². The quantitative estimate of drug-likeness (QED) is 0.320. The minimum Gasteiger partial charge on any atom is -0.489 e. The number of hydrazone groups is 1. The normalized spacial score (nSPS) is 10.6. The molecule has 1 amide bonds. The van der Waals surface area contributed by atoms with Crippen molar-refractivity contribution in [3.63, 3.8) is 0 Å². The number of nitrogens with one attached hydrogen (secondary N) is 1. The van der Waals surface area contributed by atoms with Crippen LogP contribution < -0.4 is 14.9 Å². The van der Waals surface area contributed by atoms with Crippen LogP contribution in [-0.2, 0) is 11.4 Å². The lowest BCUT2D eigenvalue weighted by Gasteiger charge is -2.07. The lowest BCUT2D eigenvalue weighted by Crippen LogP contribution is -2.24. The van der Waals surface area contributed by atoms with Crippen molar-refractivity contribution in [2.24, 2.45) is 5.10 Å². The number of carbonyl (C=O) groups excluding carboxylic acids is 1. The molecule has 0 aliphatic carbocycles. The third kappa shape index (κ3) is 6.36. The Balaban J connectivity index is 1.46. The second kappa shape index (κ2) is 10.5. The number of benzene rings is 3. The minimum absolute atomic E-state index is 0.00222. The standard InChI is InChI=1S/C22H18FN3O5/c23-19-6-2-1-5-17(19)14-30-18-11-9-16(10-12-18)13-24-25-22(27)15-31-21-8-4-3-7-20(21)26(28)29/h1-13H,14-15H2,(H,25,27)/b24-13+. The number of amides is 1. The molecule has 0 saturated carbocycles. The molecule has 158 valence electrons. The van der Waals surface area contributed by atoms with Crippen LogP contribution in [0.1, 0.15) is 11.1 Å². The molecule has 1 N–H and O–H groups in total. The Labute approximate surface area is 177 Å². The summed E-state index contributed by atoms with van der Waals surface area (Å²) in [7, 11) is 0. The van der Waals surface area contributed by atoms with Gasteiger partial charge in [-0.25, -0.2) is 9.82 Å². The van der Waals surface area contributed by atoms with Gasteiger partial charge in [-0.2, -0.15) is 5.10 Å². The number of hydrogen-bond acceptors (Lipinski definition) is 6. The smallest absolute Gasteiger partial charge is 0.310 e. The Kier molecular flexibility index (Phi) is 7.26. The number of para-hydroxylation sites is 2. The van der Waals surface area contributed by atoms with Gasteiger partial charge in [-0.3, -0.25) is 14.9 Å². The van der Waals surface area contributed by atoms with Gasteiger partial charge in [0.15, 0.2) is 12.4 Å². The van der Waals surface area contributed by atoms with E-state index in [9.17, 15) is 19.3 Å². The molecule has 3 aromatic carbocycles. The summed E-state index contributed by atoms with van der Waals surface area (Å²) in [5.41, 5.74) is 3.20. The Morgan fingerprint density at radius 2 is 1.74 bits per heavy atom. The second-order valence-corrected chi connectivity index (χ2v) is 6.26. The van der Waals surface area contributed by atoms with Gasteiger partial charge < -0.3 is 9.47 Å². The van der Waals surface area contributed by atoms with Crippen LogP contribution in [0.3, 0.4) is 0 Å². The van der Waals surface area contributed by atoms with Crippen LogP contribution in [0.15, 0.2) is 77.9 Å². The first-order valence-electron chi connectivity index (χ1n) is 9.17. The van der Waals surface area contributed by atoms with Gasteiger partial charge in [-0.05, 0) is 42.0 Å². The zero-order valence-corrected chi connectivity index (χ0v) is 16.2. The summed E-state index contributed by atoms with van der Waals surface area (Å²) in [5.74, 6) is -0.341. The number of halogens is 1. The average molecular weight is 423 g/mol. The van der Waals surface area contributed by atoms with E-state index in [0.29, 0.717) is 16.9 Å². The molecule has 0 bridgehead atoms. The number of carbonyl (C=O) groups is 1. The predicted molar refractivity (Wildman–Crippen MR) is 112 cm³/mol. The Morgan fingerprint density at radius 3 is 2.48 bits per heavy atom. The zero-order chi connectivity index (χ0) is 22.1. The lowest BCUT2D eigenvalue weighted by atomic mass is 10.2. The third-order valence-electron chi connectivity index (χ3n) is 4.06. The summed E-state index contributed by atoms with van der Waals surface area (Å²) in [6.45, 7) is -0.319. The fraction of sp³-hybridized carbons (Fsp3) is 0.0909. The molecule has 0 aliphatic heterocycles. The molecule has 0 atom stereocenters. The summed E-state index contributed by atoms with van der Waals surface area (Å²) >= 11 is 0. The van der Waals surface area contributed by atoms with Crippen molar-refractivity contribution >= 4 is 17.8 Å². The van der Waals surface area contributed by atoms with Gasteiger partial charge in [0, 0.05) is 11.6 Å². The van der Waals surface area contributed by atoms with Crippen LogP contribution in [0.4, 0.5) is 10.1 Å². The van der Waals surface area contributed by atoms with Crippen molar-refractivity contribution in [3.8, 4) is 11.5 Å². The maximum atomic E-state index is 13.6. The van der Waals surface area contributed by atoms with Crippen LogP contribution in [0.25, 0.3) is 0 Å². The first-order valence-corrected chi connectivity index (χ1v) is 9.17. The highest BCUT2D eigenvalue weighted by atomic mass is 19.1. The molecule has 31 heavy (non-hydrogen) atoms. The SMILES string of the molecule is O=C(COc1ccccc1[N+](=O)[O-])N/N=C/c1ccc(OCc2ccccc2F)cc1. The topological polar surface area (TPSA) is 103 Å². The maximum Gasteiger partial charge on any atom is 0.310 e. The molecule has 0 heterocycles. The average Bonchev–Trinajstić information content (AvgIpc) is 2.78. The molecule has 0 fully saturated rings. The van der Waals surface area contributed by atoms with E-state index in [1.807, 2.05) is 0 Å². The first-order chi connectivity index (χ1) is 15.0.